The Hall–Kier alpha value is -0.890. The summed E-state index contributed by atoms with van der Waals surface area (Å²) in [6.07, 6.45) is 0.799. The number of sulfonamides is 1. The molecule has 2 unspecified atom stereocenters. The van der Waals surface area contributed by atoms with Crippen molar-refractivity contribution in [3.8, 4) is 0 Å². The number of hydrogen-bond acceptors (Lipinski definition) is 5. The Labute approximate surface area is 120 Å². The molecular formula is C13H24N2O4S. The van der Waals surface area contributed by atoms with Gasteiger partial charge in [-0.1, -0.05) is 6.92 Å². The molecule has 3 N–H and O–H groups in total. The van der Waals surface area contributed by atoms with Gasteiger partial charge in [0.2, 0.25) is 5.09 Å². The fourth-order valence-corrected chi connectivity index (χ4v) is 3.07. The van der Waals surface area contributed by atoms with Crippen LogP contribution in [0.25, 0.3) is 0 Å². The third-order valence-corrected chi connectivity index (χ3v) is 4.14. The Kier molecular flexibility index (Phi) is 6.67. The van der Waals surface area contributed by atoms with E-state index in [4.69, 9.17) is 4.42 Å². The molecule has 20 heavy (non-hydrogen) atoms. The highest BCUT2D eigenvalue weighted by Crippen LogP contribution is 2.14. The van der Waals surface area contributed by atoms with E-state index in [-0.39, 0.29) is 11.1 Å². The third-order valence-electron chi connectivity index (χ3n) is 2.68. The average Bonchev–Trinajstić information content (AvgIpc) is 2.76. The van der Waals surface area contributed by atoms with E-state index in [0.717, 1.165) is 13.0 Å². The summed E-state index contributed by atoms with van der Waals surface area (Å²) in [5, 5.41) is 12.3. The molecule has 116 valence electrons. The Morgan fingerprint density at radius 1 is 1.35 bits per heavy atom. The number of rotatable bonds is 9. The molecule has 1 aromatic heterocycles. The largest absolute Gasteiger partial charge is 0.447 e. The summed E-state index contributed by atoms with van der Waals surface area (Å²) in [5.41, 5.74) is 0. The van der Waals surface area contributed by atoms with Crippen molar-refractivity contribution in [1.82, 2.24) is 10.0 Å². The first-order valence-corrected chi connectivity index (χ1v) is 8.33. The van der Waals surface area contributed by atoms with E-state index in [2.05, 4.69) is 17.0 Å². The second-order valence-corrected chi connectivity index (χ2v) is 6.65. The zero-order valence-corrected chi connectivity index (χ0v) is 13.0. The lowest BCUT2D eigenvalue weighted by Crippen LogP contribution is -2.34. The van der Waals surface area contributed by atoms with Crippen LogP contribution < -0.4 is 10.0 Å². The molecule has 6 nitrogen and oxygen atoms in total. The summed E-state index contributed by atoms with van der Waals surface area (Å²) < 4.78 is 31.9. The quantitative estimate of drug-likeness (QED) is 0.597. The van der Waals surface area contributed by atoms with Gasteiger partial charge in [-0.2, -0.15) is 0 Å². The Balaban J connectivity index is 2.63. The third kappa shape index (κ3) is 5.62. The van der Waals surface area contributed by atoms with Gasteiger partial charge in [0.1, 0.15) is 5.76 Å². The van der Waals surface area contributed by atoms with Crippen molar-refractivity contribution in [3.05, 3.63) is 17.9 Å². The van der Waals surface area contributed by atoms with E-state index in [0.29, 0.717) is 18.7 Å². The van der Waals surface area contributed by atoms with Gasteiger partial charge in [-0.3, -0.25) is 0 Å². The molecule has 2 atom stereocenters. The molecule has 1 rings (SSSR count). The maximum Gasteiger partial charge on any atom is 0.274 e. The minimum Gasteiger partial charge on any atom is -0.447 e. The van der Waals surface area contributed by atoms with Crippen molar-refractivity contribution in [2.75, 3.05) is 6.54 Å². The first kappa shape index (κ1) is 17.2. The number of aliphatic hydroxyl groups excluding tert-OH is 1. The van der Waals surface area contributed by atoms with Crippen molar-refractivity contribution < 1.29 is 17.9 Å². The van der Waals surface area contributed by atoms with Crippen LogP contribution in [-0.4, -0.2) is 32.2 Å². The SMILES string of the molecule is CCCNCc1ccc(S(=O)(=O)NC(C)CC(C)O)o1. The standard InChI is InChI=1S/C13H24N2O4S/c1-4-7-14-9-12-5-6-13(19-12)20(17,18)15-10(2)8-11(3)16/h5-6,10-11,14-16H,4,7-9H2,1-3H3. The minimum absolute atomic E-state index is 0.0942. The molecule has 0 spiro atoms. The highest BCUT2D eigenvalue weighted by Gasteiger charge is 2.21. The zero-order chi connectivity index (χ0) is 15.2. The van der Waals surface area contributed by atoms with Gasteiger partial charge in [0.25, 0.3) is 10.0 Å². The monoisotopic (exact) mass is 304 g/mol. The van der Waals surface area contributed by atoms with Crippen molar-refractivity contribution in [1.29, 1.82) is 0 Å². The van der Waals surface area contributed by atoms with Gasteiger partial charge in [0.05, 0.1) is 12.6 Å². The van der Waals surface area contributed by atoms with Gasteiger partial charge in [0.15, 0.2) is 0 Å². The van der Waals surface area contributed by atoms with Crippen LogP contribution in [0.15, 0.2) is 21.6 Å². The van der Waals surface area contributed by atoms with E-state index >= 15 is 0 Å². The zero-order valence-electron chi connectivity index (χ0n) is 12.2. The molecule has 0 aliphatic rings. The molecule has 0 saturated heterocycles. The summed E-state index contributed by atoms with van der Waals surface area (Å²) in [6, 6.07) is 2.74. The van der Waals surface area contributed by atoms with E-state index in [1.807, 2.05) is 0 Å². The Morgan fingerprint density at radius 2 is 2.05 bits per heavy atom. The topological polar surface area (TPSA) is 91.6 Å². The highest BCUT2D eigenvalue weighted by atomic mass is 32.2. The van der Waals surface area contributed by atoms with Crippen LogP contribution in [0.1, 0.15) is 39.4 Å². The summed E-state index contributed by atoms with van der Waals surface area (Å²) in [4.78, 5) is 0. The highest BCUT2D eigenvalue weighted by molar-refractivity contribution is 7.89. The van der Waals surface area contributed by atoms with Gasteiger partial charge >= 0.3 is 0 Å². The van der Waals surface area contributed by atoms with Gasteiger partial charge in [-0.05, 0) is 45.4 Å². The Bertz CT molecular complexity index is 496. The average molecular weight is 304 g/mol. The summed E-state index contributed by atoms with van der Waals surface area (Å²) in [6.45, 7) is 6.74. The van der Waals surface area contributed by atoms with Crippen LogP contribution in [0, 0.1) is 0 Å². The van der Waals surface area contributed by atoms with Crippen molar-refractivity contribution >= 4 is 10.0 Å². The molecule has 0 radical (unpaired) electrons. The first-order valence-electron chi connectivity index (χ1n) is 6.85. The fraction of sp³-hybridized carbons (Fsp3) is 0.692. The van der Waals surface area contributed by atoms with Crippen LogP contribution in [0.3, 0.4) is 0 Å². The van der Waals surface area contributed by atoms with Crippen LogP contribution in [-0.2, 0) is 16.6 Å². The second kappa shape index (κ2) is 7.78. The molecule has 0 fully saturated rings. The van der Waals surface area contributed by atoms with Crippen LogP contribution in [0.4, 0.5) is 0 Å². The van der Waals surface area contributed by atoms with E-state index in [9.17, 15) is 13.5 Å². The molecule has 0 bridgehead atoms. The maximum absolute atomic E-state index is 12.1. The lowest BCUT2D eigenvalue weighted by atomic mass is 10.2. The molecule has 7 heteroatoms. The lowest BCUT2D eigenvalue weighted by molar-refractivity contribution is 0.174. The van der Waals surface area contributed by atoms with Gasteiger partial charge in [0, 0.05) is 6.04 Å². The smallest absolute Gasteiger partial charge is 0.274 e. The molecule has 0 amide bonds. The number of furan rings is 1. The molecule has 1 heterocycles. The van der Waals surface area contributed by atoms with Gasteiger partial charge in [-0.25, -0.2) is 13.1 Å². The van der Waals surface area contributed by atoms with Gasteiger partial charge in [-0.15, -0.1) is 0 Å². The van der Waals surface area contributed by atoms with Crippen LogP contribution >= 0.6 is 0 Å². The first-order chi connectivity index (χ1) is 9.35. The van der Waals surface area contributed by atoms with Crippen LogP contribution in [0.2, 0.25) is 0 Å². The summed E-state index contributed by atoms with van der Waals surface area (Å²) in [5.74, 6) is 0.585. The number of hydrogen-bond donors (Lipinski definition) is 3. The normalized spacial score (nSPS) is 15.2. The Morgan fingerprint density at radius 3 is 2.65 bits per heavy atom. The summed E-state index contributed by atoms with van der Waals surface area (Å²) in [7, 11) is -3.67. The van der Waals surface area contributed by atoms with E-state index in [1.54, 1.807) is 19.9 Å². The molecular weight excluding hydrogens is 280 g/mol. The number of nitrogens with one attached hydrogen (secondary N) is 2. The van der Waals surface area contributed by atoms with Crippen molar-refractivity contribution in [2.24, 2.45) is 0 Å². The van der Waals surface area contributed by atoms with Gasteiger partial charge < -0.3 is 14.8 Å². The maximum atomic E-state index is 12.1. The lowest BCUT2D eigenvalue weighted by Gasteiger charge is -2.14. The van der Waals surface area contributed by atoms with E-state index < -0.39 is 16.1 Å². The summed E-state index contributed by atoms with van der Waals surface area (Å²) >= 11 is 0. The van der Waals surface area contributed by atoms with Crippen molar-refractivity contribution in [2.45, 2.75) is 57.4 Å². The molecule has 0 aliphatic carbocycles. The molecule has 0 aromatic carbocycles. The number of aliphatic hydroxyl groups is 1. The molecule has 0 aliphatic heterocycles. The molecule has 0 saturated carbocycles. The fourth-order valence-electron chi connectivity index (χ4n) is 1.87. The van der Waals surface area contributed by atoms with Crippen LogP contribution in [0.5, 0.6) is 0 Å². The second-order valence-electron chi connectivity index (χ2n) is 5.00. The molecule has 1 aromatic rings. The minimum atomic E-state index is -3.67. The van der Waals surface area contributed by atoms with Crippen molar-refractivity contribution in [3.63, 3.8) is 0 Å². The van der Waals surface area contributed by atoms with E-state index in [1.165, 1.54) is 6.07 Å². The predicted octanol–water partition coefficient (Wildman–Crippen LogP) is 1.22. The predicted molar refractivity (Wildman–Crippen MR) is 76.8 cm³/mol.